The van der Waals surface area contributed by atoms with Crippen LogP contribution in [-0.2, 0) is 0 Å². The molecule has 5 nitrogen and oxygen atoms in total. The van der Waals surface area contributed by atoms with Crippen LogP contribution in [0.5, 0.6) is 0 Å². The van der Waals surface area contributed by atoms with Crippen molar-refractivity contribution in [1.82, 2.24) is 9.97 Å². The van der Waals surface area contributed by atoms with Crippen LogP contribution in [0.3, 0.4) is 0 Å². The smallest absolute Gasteiger partial charge is 0.223 e. The predicted octanol–water partition coefficient (Wildman–Crippen LogP) is 0.650. The summed E-state index contributed by atoms with van der Waals surface area (Å²) in [5.41, 5.74) is 5.61. The van der Waals surface area contributed by atoms with Gasteiger partial charge in [-0.3, -0.25) is 0 Å². The van der Waals surface area contributed by atoms with Crippen LogP contribution in [0.15, 0.2) is 0 Å². The Balaban J connectivity index is 3.41. The molecule has 0 aromatic carbocycles. The highest BCUT2D eigenvalue weighted by Gasteiger charge is 2.12. The third-order valence-electron chi connectivity index (χ3n) is 1.40. The van der Waals surface area contributed by atoms with Gasteiger partial charge in [0, 0.05) is 14.1 Å². The molecule has 1 rings (SSSR count). The Kier molecular flexibility index (Phi) is 2.54. The van der Waals surface area contributed by atoms with Gasteiger partial charge in [0.1, 0.15) is 11.6 Å². The molecule has 13 heavy (non-hydrogen) atoms. The van der Waals surface area contributed by atoms with Crippen LogP contribution in [0.4, 0.5) is 11.8 Å². The summed E-state index contributed by atoms with van der Waals surface area (Å²) in [4.78, 5) is 9.22. The maximum atomic E-state index is 8.76. The highest BCUT2D eigenvalue weighted by atomic mass is 35.5. The van der Waals surface area contributed by atoms with Gasteiger partial charge in [-0.25, -0.2) is 0 Å². The highest BCUT2D eigenvalue weighted by Crippen LogP contribution is 2.22. The van der Waals surface area contributed by atoms with Crippen LogP contribution in [0.25, 0.3) is 0 Å². The molecule has 1 aromatic rings. The Hall–Kier alpha value is -1.54. The first-order valence-electron chi connectivity index (χ1n) is 3.46. The van der Waals surface area contributed by atoms with E-state index >= 15 is 0 Å². The number of nitrogen functional groups attached to an aromatic ring is 1. The molecule has 0 amide bonds. The molecule has 1 heterocycles. The van der Waals surface area contributed by atoms with Gasteiger partial charge in [-0.2, -0.15) is 15.2 Å². The van der Waals surface area contributed by atoms with Crippen molar-refractivity contribution in [2.45, 2.75) is 0 Å². The third-order valence-corrected chi connectivity index (χ3v) is 1.67. The molecular weight excluding hydrogens is 190 g/mol. The third kappa shape index (κ3) is 1.79. The Labute approximate surface area is 80.8 Å². The van der Waals surface area contributed by atoms with Crippen LogP contribution in [0, 0.1) is 11.3 Å². The van der Waals surface area contributed by atoms with Gasteiger partial charge >= 0.3 is 0 Å². The van der Waals surface area contributed by atoms with Gasteiger partial charge in [-0.15, -0.1) is 0 Å². The standard InChI is InChI=1S/C7H8ClN5/c1-13(2)6-4(3-9)5(8)11-7(10)12-6/h1-2H3,(H2,10,11,12). The lowest BCUT2D eigenvalue weighted by Gasteiger charge is -2.13. The molecular formula is C7H8ClN5. The number of anilines is 2. The van der Waals surface area contributed by atoms with E-state index in [1.54, 1.807) is 19.0 Å². The Morgan fingerprint density at radius 1 is 1.46 bits per heavy atom. The monoisotopic (exact) mass is 197 g/mol. The summed E-state index contributed by atoms with van der Waals surface area (Å²) in [6.07, 6.45) is 0. The number of rotatable bonds is 1. The number of aromatic nitrogens is 2. The van der Waals surface area contributed by atoms with Gasteiger partial charge in [0.05, 0.1) is 0 Å². The van der Waals surface area contributed by atoms with E-state index in [-0.39, 0.29) is 16.7 Å². The van der Waals surface area contributed by atoms with Crippen molar-refractivity contribution in [2.75, 3.05) is 24.7 Å². The molecule has 0 radical (unpaired) electrons. The van der Waals surface area contributed by atoms with Gasteiger partial charge in [0.15, 0.2) is 11.0 Å². The lowest BCUT2D eigenvalue weighted by molar-refractivity contribution is 1.04. The maximum Gasteiger partial charge on any atom is 0.223 e. The summed E-state index contributed by atoms with van der Waals surface area (Å²) in [6.45, 7) is 0. The molecule has 0 fully saturated rings. The van der Waals surface area contributed by atoms with Crippen LogP contribution in [-0.4, -0.2) is 24.1 Å². The van der Waals surface area contributed by atoms with Crippen molar-refractivity contribution in [1.29, 1.82) is 5.26 Å². The number of nitrogens with two attached hydrogens (primary N) is 1. The van der Waals surface area contributed by atoms with E-state index in [0.29, 0.717) is 5.82 Å². The zero-order chi connectivity index (χ0) is 10.0. The first-order chi connectivity index (χ1) is 6.06. The summed E-state index contributed by atoms with van der Waals surface area (Å²) < 4.78 is 0. The average Bonchev–Trinajstić information content (AvgIpc) is 2.02. The van der Waals surface area contributed by atoms with Crippen molar-refractivity contribution in [3.63, 3.8) is 0 Å². The number of halogens is 1. The van der Waals surface area contributed by atoms with Gasteiger partial charge in [0.25, 0.3) is 0 Å². The van der Waals surface area contributed by atoms with E-state index in [0.717, 1.165) is 0 Å². The van der Waals surface area contributed by atoms with Gasteiger partial charge in [-0.1, -0.05) is 11.6 Å². The van der Waals surface area contributed by atoms with Crippen LogP contribution >= 0.6 is 11.6 Å². The molecule has 0 aliphatic carbocycles. The molecule has 0 saturated carbocycles. The molecule has 0 aliphatic heterocycles. The van der Waals surface area contributed by atoms with Crippen molar-refractivity contribution in [2.24, 2.45) is 0 Å². The normalized spacial score (nSPS) is 9.38. The number of hydrogen-bond donors (Lipinski definition) is 1. The minimum atomic E-state index is 0.0627. The van der Waals surface area contributed by atoms with Crippen molar-refractivity contribution >= 4 is 23.4 Å². The molecule has 0 spiro atoms. The second-order valence-corrected chi connectivity index (χ2v) is 2.94. The van der Waals surface area contributed by atoms with Crippen LogP contribution in [0.2, 0.25) is 5.15 Å². The SMILES string of the molecule is CN(C)c1nc(N)nc(Cl)c1C#N. The Morgan fingerprint density at radius 3 is 2.54 bits per heavy atom. The predicted molar refractivity (Wildman–Crippen MR) is 50.5 cm³/mol. The fourth-order valence-electron chi connectivity index (χ4n) is 0.858. The number of nitriles is 1. The summed E-state index contributed by atoms with van der Waals surface area (Å²) >= 11 is 5.70. The number of hydrogen-bond acceptors (Lipinski definition) is 5. The fourth-order valence-corrected chi connectivity index (χ4v) is 1.07. The quantitative estimate of drug-likeness (QED) is 0.669. The minimum Gasteiger partial charge on any atom is -0.368 e. The van der Waals surface area contributed by atoms with E-state index in [1.165, 1.54) is 0 Å². The van der Waals surface area contributed by atoms with Crippen LogP contribution < -0.4 is 10.6 Å². The summed E-state index contributed by atoms with van der Waals surface area (Å²) in [7, 11) is 3.50. The first kappa shape index (κ1) is 9.55. The van der Waals surface area contributed by atoms with E-state index in [9.17, 15) is 0 Å². The molecule has 0 unspecified atom stereocenters. The molecule has 1 aromatic heterocycles. The Morgan fingerprint density at radius 2 is 2.08 bits per heavy atom. The average molecular weight is 198 g/mol. The van der Waals surface area contributed by atoms with E-state index in [2.05, 4.69) is 9.97 Å². The molecule has 2 N–H and O–H groups in total. The molecule has 0 saturated heterocycles. The molecule has 6 heteroatoms. The summed E-state index contributed by atoms with van der Waals surface area (Å²) in [5.74, 6) is 0.493. The largest absolute Gasteiger partial charge is 0.368 e. The molecule has 0 aliphatic rings. The maximum absolute atomic E-state index is 8.76. The van der Waals surface area contributed by atoms with Gasteiger partial charge in [0.2, 0.25) is 5.95 Å². The molecule has 0 bridgehead atoms. The zero-order valence-corrected chi connectivity index (χ0v) is 8.00. The molecule has 68 valence electrons. The Bertz CT molecular complexity index is 368. The molecule has 0 atom stereocenters. The topological polar surface area (TPSA) is 78.8 Å². The lowest BCUT2D eigenvalue weighted by Crippen LogP contribution is -2.14. The summed E-state index contributed by atoms with van der Waals surface area (Å²) in [6, 6.07) is 1.92. The van der Waals surface area contributed by atoms with Crippen molar-refractivity contribution in [3.05, 3.63) is 10.7 Å². The first-order valence-corrected chi connectivity index (χ1v) is 3.84. The zero-order valence-electron chi connectivity index (χ0n) is 7.24. The number of nitrogens with zero attached hydrogens (tertiary/aromatic N) is 4. The lowest BCUT2D eigenvalue weighted by atomic mass is 10.3. The minimum absolute atomic E-state index is 0.0627. The van der Waals surface area contributed by atoms with Crippen molar-refractivity contribution in [3.8, 4) is 6.07 Å². The second kappa shape index (κ2) is 3.46. The van der Waals surface area contributed by atoms with E-state index in [4.69, 9.17) is 22.6 Å². The summed E-state index contributed by atoms with van der Waals surface area (Å²) in [5, 5.41) is 8.84. The van der Waals surface area contributed by atoms with Gasteiger partial charge < -0.3 is 10.6 Å². The second-order valence-electron chi connectivity index (χ2n) is 2.58. The van der Waals surface area contributed by atoms with Gasteiger partial charge in [-0.05, 0) is 0 Å². The van der Waals surface area contributed by atoms with Crippen LogP contribution in [0.1, 0.15) is 5.56 Å². The highest BCUT2D eigenvalue weighted by molar-refractivity contribution is 6.31. The van der Waals surface area contributed by atoms with E-state index < -0.39 is 0 Å². The van der Waals surface area contributed by atoms with Crippen molar-refractivity contribution < 1.29 is 0 Å². The fraction of sp³-hybridized carbons (Fsp3) is 0.286. The van der Waals surface area contributed by atoms with E-state index in [1.807, 2.05) is 6.07 Å².